The quantitative estimate of drug-likeness (QED) is 0.876. The Kier molecular flexibility index (Phi) is 3.11. The summed E-state index contributed by atoms with van der Waals surface area (Å²) >= 11 is 0. The number of rotatable bonds is 3. The molecule has 19 heavy (non-hydrogen) atoms. The summed E-state index contributed by atoms with van der Waals surface area (Å²) in [5, 5.41) is 10.4. The fraction of sp³-hybridized carbons (Fsp3) is 0.294. The van der Waals surface area contributed by atoms with Crippen molar-refractivity contribution in [2.75, 3.05) is 0 Å². The van der Waals surface area contributed by atoms with Crippen molar-refractivity contribution in [1.82, 2.24) is 0 Å². The molecule has 2 heteroatoms. The third-order valence-electron chi connectivity index (χ3n) is 3.72. The molecule has 1 saturated carbocycles. The highest BCUT2D eigenvalue weighted by Gasteiger charge is 2.24. The first kappa shape index (κ1) is 12.4. The monoisotopic (exact) mass is 256 g/mol. The van der Waals surface area contributed by atoms with Crippen molar-refractivity contribution >= 4 is 0 Å². The molecule has 3 rings (SSSR count). The van der Waals surface area contributed by atoms with E-state index in [4.69, 9.17) is 0 Å². The van der Waals surface area contributed by atoms with Crippen LogP contribution in [-0.2, 0) is 0 Å². The molecule has 0 heterocycles. The van der Waals surface area contributed by atoms with Crippen molar-refractivity contribution < 1.29 is 9.50 Å². The second kappa shape index (κ2) is 4.78. The molecule has 1 fully saturated rings. The van der Waals surface area contributed by atoms with Gasteiger partial charge in [-0.3, -0.25) is 0 Å². The molecule has 1 aliphatic rings. The maximum Gasteiger partial charge on any atom is 0.129 e. The summed E-state index contributed by atoms with van der Waals surface area (Å²) in [5.41, 5.74) is 3.33. The van der Waals surface area contributed by atoms with E-state index in [0.29, 0.717) is 11.5 Å². The van der Waals surface area contributed by atoms with E-state index < -0.39 is 6.10 Å². The minimum Gasteiger partial charge on any atom is -0.384 e. The van der Waals surface area contributed by atoms with Gasteiger partial charge < -0.3 is 5.11 Å². The van der Waals surface area contributed by atoms with Crippen LogP contribution >= 0.6 is 0 Å². The van der Waals surface area contributed by atoms with E-state index in [1.165, 1.54) is 24.5 Å². The summed E-state index contributed by atoms with van der Waals surface area (Å²) in [5.74, 6) is 0.282. The fourth-order valence-electron chi connectivity index (χ4n) is 2.45. The van der Waals surface area contributed by atoms with Gasteiger partial charge in [-0.05, 0) is 42.9 Å². The van der Waals surface area contributed by atoms with Gasteiger partial charge in [0.1, 0.15) is 11.9 Å². The largest absolute Gasteiger partial charge is 0.384 e. The Morgan fingerprint density at radius 1 is 1.16 bits per heavy atom. The number of aryl methyl sites for hydroxylation is 1. The Balaban J connectivity index is 1.96. The van der Waals surface area contributed by atoms with Crippen molar-refractivity contribution in [3.05, 3.63) is 70.5 Å². The number of hydrogen-bond acceptors (Lipinski definition) is 1. The lowest BCUT2D eigenvalue weighted by atomic mass is 9.97. The molecule has 1 unspecified atom stereocenters. The van der Waals surface area contributed by atoms with E-state index in [-0.39, 0.29) is 5.82 Å². The number of benzene rings is 2. The first-order chi connectivity index (χ1) is 9.15. The Bertz CT molecular complexity index is 602. The molecule has 0 amide bonds. The maximum atomic E-state index is 13.8. The van der Waals surface area contributed by atoms with Crippen LogP contribution in [0, 0.1) is 12.7 Å². The molecule has 2 aromatic carbocycles. The molecule has 1 atom stereocenters. The van der Waals surface area contributed by atoms with Crippen molar-refractivity contribution in [3.8, 4) is 0 Å². The molecule has 1 aliphatic carbocycles. The zero-order valence-corrected chi connectivity index (χ0v) is 10.9. The zero-order valence-electron chi connectivity index (χ0n) is 10.9. The van der Waals surface area contributed by atoms with Crippen molar-refractivity contribution in [2.45, 2.75) is 31.8 Å². The van der Waals surface area contributed by atoms with Crippen molar-refractivity contribution in [2.24, 2.45) is 0 Å². The smallest absolute Gasteiger partial charge is 0.129 e. The zero-order chi connectivity index (χ0) is 13.4. The van der Waals surface area contributed by atoms with Gasteiger partial charge in [-0.1, -0.05) is 42.0 Å². The van der Waals surface area contributed by atoms with Crippen LogP contribution in [0.2, 0.25) is 0 Å². The van der Waals surface area contributed by atoms with Gasteiger partial charge in [-0.25, -0.2) is 4.39 Å². The second-order valence-electron chi connectivity index (χ2n) is 5.37. The SMILES string of the molecule is Cc1ccc(F)c(C(O)c2cccc(C3CC3)c2)c1. The average Bonchev–Trinajstić information content (AvgIpc) is 3.25. The number of aliphatic hydroxyl groups is 1. The Hall–Kier alpha value is -1.67. The Morgan fingerprint density at radius 2 is 1.95 bits per heavy atom. The molecule has 0 radical (unpaired) electrons. The number of aliphatic hydroxyl groups excluding tert-OH is 1. The van der Waals surface area contributed by atoms with Crippen molar-refractivity contribution in [3.63, 3.8) is 0 Å². The van der Waals surface area contributed by atoms with Gasteiger partial charge in [-0.2, -0.15) is 0 Å². The molecule has 98 valence electrons. The predicted octanol–water partition coefficient (Wildman–Crippen LogP) is 4.09. The number of hydrogen-bond donors (Lipinski definition) is 1. The van der Waals surface area contributed by atoms with Gasteiger partial charge in [0.25, 0.3) is 0 Å². The van der Waals surface area contributed by atoms with Crippen LogP contribution in [0.3, 0.4) is 0 Å². The Morgan fingerprint density at radius 3 is 2.68 bits per heavy atom. The predicted molar refractivity (Wildman–Crippen MR) is 73.6 cm³/mol. The highest BCUT2D eigenvalue weighted by molar-refractivity contribution is 5.37. The van der Waals surface area contributed by atoms with E-state index in [0.717, 1.165) is 11.1 Å². The normalized spacial score (nSPS) is 16.4. The first-order valence-corrected chi connectivity index (χ1v) is 6.69. The molecule has 2 aromatic rings. The van der Waals surface area contributed by atoms with E-state index in [2.05, 4.69) is 6.07 Å². The fourth-order valence-corrected chi connectivity index (χ4v) is 2.45. The van der Waals surface area contributed by atoms with Crippen LogP contribution < -0.4 is 0 Å². The maximum absolute atomic E-state index is 13.8. The van der Waals surface area contributed by atoms with Gasteiger partial charge in [0.15, 0.2) is 0 Å². The van der Waals surface area contributed by atoms with E-state index in [9.17, 15) is 9.50 Å². The first-order valence-electron chi connectivity index (χ1n) is 6.69. The lowest BCUT2D eigenvalue weighted by Crippen LogP contribution is -2.03. The van der Waals surface area contributed by atoms with Crippen LogP contribution in [0.4, 0.5) is 4.39 Å². The molecule has 0 aromatic heterocycles. The molecule has 0 bridgehead atoms. The van der Waals surface area contributed by atoms with E-state index >= 15 is 0 Å². The highest BCUT2D eigenvalue weighted by Crippen LogP contribution is 2.41. The van der Waals surface area contributed by atoms with Gasteiger partial charge in [0.05, 0.1) is 0 Å². The molecule has 1 nitrogen and oxygen atoms in total. The summed E-state index contributed by atoms with van der Waals surface area (Å²) < 4.78 is 13.8. The van der Waals surface area contributed by atoms with Gasteiger partial charge >= 0.3 is 0 Å². The lowest BCUT2D eigenvalue weighted by Gasteiger charge is -2.14. The van der Waals surface area contributed by atoms with Gasteiger partial charge in [-0.15, -0.1) is 0 Å². The van der Waals surface area contributed by atoms with Crippen LogP contribution in [-0.4, -0.2) is 5.11 Å². The highest BCUT2D eigenvalue weighted by atomic mass is 19.1. The van der Waals surface area contributed by atoms with Crippen LogP contribution in [0.25, 0.3) is 0 Å². The molecule has 1 N–H and O–H groups in total. The van der Waals surface area contributed by atoms with E-state index in [1.807, 2.05) is 25.1 Å². The summed E-state index contributed by atoms with van der Waals surface area (Å²) in [6, 6.07) is 12.7. The second-order valence-corrected chi connectivity index (χ2v) is 5.37. The third kappa shape index (κ3) is 2.54. The van der Waals surface area contributed by atoms with Crippen LogP contribution in [0.1, 0.15) is 47.1 Å². The van der Waals surface area contributed by atoms with Gasteiger partial charge in [0.2, 0.25) is 0 Å². The standard InChI is InChI=1S/C17H17FO/c1-11-5-8-16(18)15(9-11)17(19)14-4-2-3-13(10-14)12-6-7-12/h2-5,8-10,12,17,19H,6-7H2,1H3. The van der Waals surface area contributed by atoms with Crippen molar-refractivity contribution in [1.29, 1.82) is 0 Å². The molecular weight excluding hydrogens is 239 g/mol. The van der Waals surface area contributed by atoms with E-state index in [1.54, 1.807) is 12.1 Å². The minimum absolute atomic E-state index is 0.352. The summed E-state index contributed by atoms with van der Waals surface area (Å²) in [6.45, 7) is 1.90. The molecule has 0 saturated heterocycles. The molecule has 0 spiro atoms. The van der Waals surface area contributed by atoms with Crippen LogP contribution in [0.15, 0.2) is 42.5 Å². The molecular formula is C17H17FO. The average molecular weight is 256 g/mol. The summed E-state index contributed by atoms with van der Waals surface area (Å²) in [6.07, 6.45) is 1.55. The molecule has 0 aliphatic heterocycles. The van der Waals surface area contributed by atoms with Crippen LogP contribution in [0.5, 0.6) is 0 Å². The minimum atomic E-state index is -0.890. The Labute approximate surface area is 112 Å². The topological polar surface area (TPSA) is 20.2 Å². The summed E-state index contributed by atoms with van der Waals surface area (Å²) in [4.78, 5) is 0. The summed E-state index contributed by atoms with van der Waals surface area (Å²) in [7, 11) is 0. The third-order valence-corrected chi connectivity index (χ3v) is 3.72. The van der Waals surface area contributed by atoms with Gasteiger partial charge in [0, 0.05) is 5.56 Å². The lowest BCUT2D eigenvalue weighted by molar-refractivity contribution is 0.215. The number of halogens is 1.